The lowest BCUT2D eigenvalue weighted by Crippen LogP contribution is -2.25. The average molecular weight is 262 g/mol. The first kappa shape index (κ1) is 14.4. The second-order valence-electron chi connectivity index (χ2n) is 4.56. The van der Waals surface area contributed by atoms with Gasteiger partial charge in [-0.3, -0.25) is 0 Å². The highest BCUT2D eigenvalue weighted by atomic mass is 35.5. The molecule has 0 radical (unpaired) electrons. The van der Waals surface area contributed by atoms with Crippen LogP contribution in [0.25, 0.3) is 0 Å². The molecule has 0 saturated heterocycles. The smallest absolute Gasteiger partial charge is 0.130 e. The van der Waals surface area contributed by atoms with Crippen LogP contribution in [0.3, 0.4) is 0 Å². The molecule has 1 fully saturated rings. The van der Waals surface area contributed by atoms with Crippen molar-refractivity contribution in [2.75, 3.05) is 0 Å². The second-order valence-corrected chi connectivity index (χ2v) is 4.56. The first-order valence-electron chi connectivity index (χ1n) is 5.89. The minimum Gasteiger partial charge on any atom is -0.324 e. The number of hydrogen-bond donors (Lipinski definition) is 1. The van der Waals surface area contributed by atoms with Gasteiger partial charge in [0, 0.05) is 11.6 Å². The summed E-state index contributed by atoms with van der Waals surface area (Å²) in [6, 6.07) is 3.44. The van der Waals surface area contributed by atoms with Crippen molar-refractivity contribution in [1.29, 1.82) is 0 Å². The SMILES string of the molecule is Cl.N[C@@H](c1c(F)cccc1F)C1CCCCC1. The molecule has 2 N–H and O–H groups in total. The van der Waals surface area contributed by atoms with E-state index in [1.807, 2.05) is 0 Å². The molecule has 96 valence electrons. The van der Waals surface area contributed by atoms with Crippen molar-refractivity contribution in [3.63, 3.8) is 0 Å². The Hall–Kier alpha value is -0.670. The van der Waals surface area contributed by atoms with Crippen molar-refractivity contribution in [3.8, 4) is 0 Å². The van der Waals surface area contributed by atoms with Crippen molar-refractivity contribution >= 4 is 12.4 Å². The van der Waals surface area contributed by atoms with E-state index in [9.17, 15) is 8.78 Å². The van der Waals surface area contributed by atoms with Gasteiger partial charge in [0.2, 0.25) is 0 Å². The minimum absolute atomic E-state index is 0. The molecule has 0 aliphatic heterocycles. The van der Waals surface area contributed by atoms with Crippen molar-refractivity contribution in [2.45, 2.75) is 38.1 Å². The van der Waals surface area contributed by atoms with Gasteiger partial charge in [0.05, 0.1) is 0 Å². The number of nitrogens with two attached hydrogens (primary N) is 1. The number of benzene rings is 1. The van der Waals surface area contributed by atoms with Crippen LogP contribution < -0.4 is 5.73 Å². The molecule has 0 spiro atoms. The van der Waals surface area contributed by atoms with E-state index in [1.54, 1.807) is 0 Å². The van der Waals surface area contributed by atoms with Crippen molar-refractivity contribution < 1.29 is 8.78 Å². The molecular formula is C13H18ClF2N. The third-order valence-electron chi connectivity index (χ3n) is 3.49. The fraction of sp³-hybridized carbons (Fsp3) is 0.538. The van der Waals surface area contributed by atoms with Crippen molar-refractivity contribution in [1.82, 2.24) is 0 Å². The maximum Gasteiger partial charge on any atom is 0.130 e. The van der Waals surface area contributed by atoms with E-state index in [0.717, 1.165) is 25.7 Å². The molecule has 1 aliphatic rings. The molecule has 1 saturated carbocycles. The van der Waals surface area contributed by atoms with Gasteiger partial charge in [-0.1, -0.05) is 25.3 Å². The molecule has 0 heterocycles. The molecule has 0 aromatic heterocycles. The molecule has 2 rings (SSSR count). The van der Waals surface area contributed by atoms with Crippen molar-refractivity contribution in [3.05, 3.63) is 35.4 Å². The molecule has 0 bridgehead atoms. The summed E-state index contributed by atoms with van der Waals surface area (Å²) in [5.74, 6) is -0.809. The Labute approximate surface area is 107 Å². The number of halogens is 3. The Bertz CT molecular complexity index is 344. The van der Waals surface area contributed by atoms with Gasteiger partial charge in [-0.25, -0.2) is 8.78 Å². The molecule has 0 unspecified atom stereocenters. The molecule has 0 amide bonds. The average Bonchev–Trinajstić information content (AvgIpc) is 2.30. The van der Waals surface area contributed by atoms with Crippen LogP contribution in [0.15, 0.2) is 18.2 Å². The normalized spacial score (nSPS) is 18.5. The van der Waals surface area contributed by atoms with Gasteiger partial charge in [0.25, 0.3) is 0 Å². The third kappa shape index (κ3) is 3.17. The topological polar surface area (TPSA) is 26.0 Å². The molecule has 1 nitrogen and oxygen atoms in total. The van der Waals surface area contributed by atoms with Gasteiger partial charge in [0.1, 0.15) is 11.6 Å². The summed E-state index contributed by atoms with van der Waals surface area (Å²) in [5, 5.41) is 0. The maximum absolute atomic E-state index is 13.5. The maximum atomic E-state index is 13.5. The highest BCUT2D eigenvalue weighted by Crippen LogP contribution is 2.34. The minimum atomic E-state index is -0.516. The quantitative estimate of drug-likeness (QED) is 0.857. The van der Waals surface area contributed by atoms with E-state index in [4.69, 9.17) is 5.73 Å². The van der Waals surface area contributed by atoms with Crippen LogP contribution in [0.1, 0.15) is 43.7 Å². The summed E-state index contributed by atoms with van der Waals surface area (Å²) < 4.78 is 27.1. The van der Waals surface area contributed by atoms with Crippen LogP contribution in [0.2, 0.25) is 0 Å². The van der Waals surface area contributed by atoms with E-state index in [-0.39, 0.29) is 23.9 Å². The van der Waals surface area contributed by atoms with Gasteiger partial charge in [-0.05, 0) is 30.9 Å². The van der Waals surface area contributed by atoms with Crippen LogP contribution in [0, 0.1) is 17.6 Å². The first-order chi connectivity index (χ1) is 7.70. The van der Waals surface area contributed by atoms with Crippen LogP contribution >= 0.6 is 12.4 Å². The van der Waals surface area contributed by atoms with Gasteiger partial charge in [0.15, 0.2) is 0 Å². The van der Waals surface area contributed by atoms with Gasteiger partial charge in [-0.15, -0.1) is 12.4 Å². The van der Waals surface area contributed by atoms with E-state index in [1.165, 1.54) is 24.6 Å². The second kappa shape index (κ2) is 6.31. The van der Waals surface area contributed by atoms with E-state index in [0.29, 0.717) is 0 Å². The third-order valence-corrected chi connectivity index (χ3v) is 3.49. The molecule has 4 heteroatoms. The highest BCUT2D eigenvalue weighted by Gasteiger charge is 2.26. The summed E-state index contributed by atoms with van der Waals surface area (Å²) in [7, 11) is 0. The zero-order valence-electron chi connectivity index (χ0n) is 9.66. The largest absolute Gasteiger partial charge is 0.324 e. The van der Waals surface area contributed by atoms with Crippen LogP contribution in [0.5, 0.6) is 0 Å². The lowest BCUT2D eigenvalue weighted by molar-refractivity contribution is 0.298. The summed E-state index contributed by atoms with van der Waals surface area (Å²) in [6.07, 6.45) is 5.41. The molecule has 1 aromatic rings. The van der Waals surface area contributed by atoms with Crippen LogP contribution in [-0.4, -0.2) is 0 Å². The Morgan fingerprint density at radius 3 is 2.12 bits per heavy atom. The Balaban J connectivity index is 0.00000144. The summed E-state index contributed by atoms with van der Waals surface area (Å²) >= 11 is 0. The van der Waals surface area contributed by atoms with Gasteiger partial charge < -0.3 is 5.73 Å². The fourth-order valence-corrected chi connectivity index (χ4v) is 2.56. The van der Waals surface area contributed by atoms with Crippen LogP contribution in [-0.2, 0) is 0 Å². The van der Waals surface area contributed by atoms with Crippen molar-refractivity contribution in [2.24, 2.45) is 11.7 Å². The predicted molar refractivity (Wildman–Crippen MR) is 67.1 cm³/mol. The van der Waals surface area contributed by atoms with E-state index < -0.39 is 17.7 Å². The number of rotatable bonds is 2. The van der Waals surface area contributed by atoms with E-state index >= 15 is 0 Å². The summed E-state index contributed by atoms with van der Waals surface area (Å²) in [4.78, 5) is 0. The Morgan fingerprint density at radius 1 is 1.06 bits per heavy atom. The van der Waals surface area contributed by atoms with Crippen LogP contribution in [0.4, 0.5) is 8.78 Å². The number of hydrogen-bond acceptors (Lipinski definition) is 1. The Kier molecular flexibility index (Phi) is 5.34. The standard InChI is InChI=1S/C13H17F2N.ClH/c14-10-7-4-8-11(15)12(10)13(16)9-5-2-1-3-6-9;/h4,7-9,13H,1-3,5-6,16H2;1H/t13-;/m1./s1. The fourth-order valence-electron chi connectivity index (χ4n) is 2.56. The molecule has 1 aliphatic carbocycles. The first-order valence-corrected chi connectivity index (χ1v) is 5.89. The molecule has 1 atom stereocenters. The van der Waals surface area contributed by atoms with E-state index in [2.05, 4.69) is 0 Å². The van der Waals surface area contributed by atoms with Gasteiger partial charge in [-0.2, -0.15) is 0 Å². The molecular weight excluding hydrogens is 244 g/mol. The molecule has 17 heavy (non-hydrogen) atoms. The summed E-state index contributed by atoms with van der Waals surface area (Å²) in [5.41, 5.74) is 6.06. The monoisotopic (exact) mass is 261 g/mol. The molecule has 1 aromatic carbocycles. The zero-order chi connectivity index (χ0) is 11.5. The zero-order valence-corrected chi connectivity index (χ0v) is 10.5. The predicted octanol–water partition coefficient (Wildman–Crippen LogP) is 3.97. The Morgan fingerprint density at radius 2 is 1.59 bits per heavy atom. The van der Waals surface area contributed by atoms with Gasteiger partial charge >= 0.3 is 0 Å². The lowest BCUT2D eigenvalue weighted by atomic mass is 9.81. The lowest BCUT2D eigenvalue weighted by Gasteiger charge is -2.28. The summed E-state index contributed by atoms with van der Waals surface area (Å²) in [6.45, 7) is 0. The highest BCUT2D eigenvalue weighted by molar-refractivity contribution is 5.85.